The van der Waals surface area contributed by atoms with Crippen LogP contribution in [0.3, 0.4) is 0 Å². The predicted molar refractivity (Wildman–Crippen MR) is 111 cm³/mol. The molecule has 0 saturated carbocycles. The van der Waals surface area contributed by atoms with Crippen molar-refractivity contribution in [2.45, 2.75) is 25.7 Å². The minimum absolute atomic E-state index is 0.0240. The zero-order valence-corrected chi connectivity index (χ0v) is 16.2. The molecule has 0 saturated heterocycles. The van der Waals surface area contributed by atoms with Gasteiger partial charge in [0.2, 0.25) is 5.95 Å². The first-order valence-electron chi connectivity index (χ1n) is 9.56. The monoisotopic (exact) mass is 400 g/mol. The van der Waals surface area contributed by atoms with Crippen LogP contribution < -0.4 is 5.73 Å². The second kappa shape index (κ2) is 8.60. The van der Waals surface area contributed by atoms with Gasteiger partial charge in [0.25, 0.3) is 5.78 Å². The highest BCUT2D eigenvalue weighted by Crippen LogP contribution is 2.13. The molecule has 0 aliphatic carbocycles. The second-order valence-corrected chi connectivity index (χ2v) is 7.03. The van der Waals surface area contributed by atoms with Crippen LogP contribution in [0, 0.1) is 0 Å². The van der Waals surface area contributed by atoms with Crippen LogP contribution in [0.25, 0.3) is 5.78 Å². The summed E-state index contributed by atoms with van der Waals surface area (Å²) >= 11 is 0. The molecule has 0 atom stereocenters. The number of Topliss-reactive ketones (excluding diaryl/α,β-unsaturated/α-hetero) is 2. The lowest BCUT2D eigenvalue weighted by molar-refractivity contribution is -0.119. The fraction of sp³-hybridized carbons (Fsp3) is 0.182. The Morgan fingerprint density at radius 1 is 0.733 bits per heavy atom. The Bertz CT molecular complexity index is 1190. The highest BCUT2D eigenvalue weighted by molar-refractivity contribution is 5.85. The van der Waals surface area contributed by atoms with Gasteiger partial charge in [0.05, 0.1) is 24.2 Å². The summed E-state index contributed by atoms with van der Waals surface area (Å²) in [6, 6.07) is 19.0. The number of carbonyl (C=O) groups is 2. The van der Waals surface area contributed by atoms with E-state index in [9.17, 15) is 9.59 Å². The fourth-order valence-corrected chi connectivity index (χ4v) is 3.24. The predicted octanol–water partition coefficient (Wildman–Crippen LogP) is 1.81. The highest BCUT2D eigenvalue weighted by atomic mass is 16.1. The third kappa shape index (κ3) is 4.54. The van der Waals surface area contributed by atoms with Crippen LogP contribution in [-0.4, -0.2) is 36.4 Å². The molecule has 8 heteroatoms. The molecule has 2 heterocycles. The van der Waals surface area contributed by atoms with Gasteiger partial charge in [0, 0.05) is 12.8 Å². The van der Waals surface area contributed by atoms with E-state index in [1.54, 1.807) is 0 Å². The van der Waals surface area contributed by atoms with Crippen LogP contribution in [0.2, 0.25) is 0 Å². The van der Waals surface area contributed by atoms with Crippen LogP contribution in [0.15, 0.2) is 60.7 Å². The molecule has 0 radical (unpaired) electrons. The SMILES string of the molecule is Nc1nnc2nc(CC(=O)Cc3ccccc3)c(CC(=O)Cc3ccccc3)nn12. The molecular weight excluding hydrogens is 380 g/mol. The van der Waals surface area contributed by atoms with Crippen molar-refractivity contribution in [3.05, 3.63) is 83.2 Å². The summed E-state index contributed by atoms with van der Waals surface area (Å²) in [6.07, 6.45) is 0.651. The van der Waals surface area contributed by atoms with Gasteiger partial charge in [-0.15, -0.1) is 10.2 Å². The van der Waals surface area contributed by atoms with Gasteiger partial charge in [-0.3, -0.25) is 9.59 Å². The van der Waals surface area contributed by atoms with Crippen molar-refractivity contribution in [2.75, 3.05) is 5.73 Å². The lowest BCUT2D eigenvalue weighted by atomic mass is 10.0. The van der Waals surface area contributed by atoms with Crippen LogP contribution in [-0.2, 0) is 35.3 Å². The smallest absolute Gasteiger partial charge is 0.273 e. The van der Waals surface area contributed by atoms with E-state index in [1.165, 1.54) is 4.52 Å². The Hall–Kier alpha value is -3.94. The van der Waals surface area contributed by atoms with Gasteiger partial charge < -0.3 is 5.73 Å². The minimum Gasteiger partial charge on any atom is -0.366 e. The van der Waals surface area contributed by atoms with E-state index in [-0.39, 0.29) is 49.0 Å². The first kappa shape index (κ1) is 19.4. The Morgan fingerprint density at radius 2 is 1.27 bits per heavy atom. The number of anilines is 1. The largest absolute Gasteiger partial charge is 0.366 e. The maximum Gasteiger partial charge on any atom is 0.273 e. The van der Waals surface area contributed by atoms with Crippen LogP contribution >= 0.6 is 0 Å². The van der Waals surface area contributed by atoms with Gasteiger partial charge in [0.15, 0.2) is 0 Å². The highest BCUT2D eigenvalue weighted by Gasteiger charge is 2.18. The molecule has 2 N–H and O–H groups in total. The van der Waals surface area contributed by atoms with Gasteiger partial charge in [-0.2, -0.15) is 9.61 Å². The third-order valence-electron chi connectivity index (χ3n) is 4.65. The van der Waals surface area contributed by atoms with Gasteiger partial charge in [0.1, 0.15) is 11.6 Å². The number of rotatable bonds is 8. The van der Waals surface area contributed by atoms with Crippen molar-refractivity contribution < 1.29 is 9.59 Å². The second-order valence-electron chi connectivity index (χ2n) is 7.03. The van der Waals surface area contributed by atoms with Crippen LogP contribution in [0.5, 0.6) is 0 Å². The van der Waals surface area contributed by atoms with Crippen LogP contribution in [0.1, 0.15) is 22.5 Å². The first-order chi connectivity index (χ1) is 14.6. The molecule has 0 fully saturated rings. The quantitative estimate of drug-likeness (QED) is 0.479. The summed E-state index contributed by atoms with van der Waals surface area (Å²) in [5, 5.41) is 12.1. The molecular formula is C22H20N6O2. The Balaban J connectivity index is 1.57. The molecule has 8 nitrogen and oxygen atoms in total. The standard InChI is InChI=1S/C22H20N6O2/c23-21-25-26-22-24-19(13-17(29)11-15-7-3-1-4-8-15)20(27-28(21)22)14-18(30)12-16-9-5-2-6-10-16/h1-10H,11-14H2,(H2,23,25). The molecule has 0 aliphatic heterocycles. The molecule has 2 aromatic heterocycles. The van der Waals surface area contributed by atoms with E-state index in [2.05, 4.69) is 20.3 Å². The number of benzene rings is 2. The molecule has 0 spiro atoms. The average molecular weight is 400 g/mol. The Kier molecular flexibility index (Phi) is 5.56. The number of fused-ring (bicyclic) bond motifs is 1. The van der Waals surface area contributed by atoms with E-state index < -0.39 is 0 Å². The lowest BCUT2D eigenvalue weighted by Crippen LogP contribution is -2.17. The summed E-state index contributed by atoms with van der Waals surface area (Å²) in [5.74, 6) is 0.230. The molecule has 4 rings (SSSR count). The average Bonchev–Trinajstić information content (AvgIpc) is 3.09. The van der Waals surface area contributed by atoms with Crippen LogP contribution in [0.4, 0.5) is 5.95 Å². The number of nitrogens with two attached hydrogens (primary N) is 1. The molecule has 4 aromatic rings. The maximum absolute atomic E-state index is 12.6. The number of nitrogen functional groups attached to an aromatic ring is 1. The van der Waals surface area contributed by atoms with Crippen molar-refractivity contribution >= 4 is 23.3 Å². The van der Waals surface area contributed by atoms with E-state index >= 15 is 0 Å². The number of aromatic nitrogens is 5. The van der Waals surface area contributed by atoms with Crippen molar-refractivity contribution in [3.8, 4) is 0 Å². The number of ketones is 2. The molecule has 0 amide bonds. The van der Waals surface area contributed by atoms with Crippen molar-refractivity contribution in [1.29, 1.82) is 0 Å². The van der Waals surface area contributed by atoms with E-state index in [1.807, 2.05) is 60.7 Å². The summed E-state index contributed by atoms with van der Waals surface area (Å²) in [4.78, 5) is 29.7. The normalized spacial score (nSPS) is 10.9. The van der Waals surface area contributed by atoms with Crippen molar-refractivity contribution in [3.63, 3.8) is 0 Å². The lowest BCUT2D eigenvalue weighted by Gasteiger charge is -2.08. The zero-order chi connectivity index (χ0) is 20.9. The molecule has 0 aliphatic rings. The molecule has 150 valence electrons. The molecule has 0 bridgehead atoms. The molecule has 0 unspecified atom stereocenters. The summed E-state index contributed by atoms with van der Waals surface area (Å²) < 4.78 is 1.29. The van der Waals surface area contributed by atoms with E-state index in [0.717, 1.165) is 11.1 Å². The van der Waals surface area contributed by atoms with Gasteiger partial charge >= 0.3 is 0 Å². The molecule has 2 aromatic carbocycles. The first-order valence-corrected chi connectivity index (χ1v) is 9.56. The maximum atomic E-state index is 12.6. The van der Waals surface area contributed by atoms with Gasteiger partial charge in [-0.1, -0.05) is 60.7 Å². The topological polar surface area (TPSA) is 116 Å². The summed E-state index contributed by atoms with van der Waals surface area (Å²) in [7, 11) is 0. The summed E-state index contributed by atoms with van der Waals surface area (Å²) in [6.45, 7) is 0. The fourth-order valence-electron chi connectivity index (χ4n) is 3.24. The third-order valence-corrected chi connectivity index (χ3v) is 4.65. The Morgan fingerprint density at radius 3 is 1.83 bits per heavy atom. The van der Waals surface area contributed by atoms with Crippen molar-refractivity contribution in [2.24, 2.45) is 0 Å². The van der Waals surface area contributed by atoms with E-state index in [0.29, 0.717) is 11.4 Å². The molecule has 30 heavy (non-hydrogen) atoms. The van der Waals surface area contributed by atoms with Crippen molar-refractivity contribution in [1.82, 2.24) is 24.8 Å². The minimum atomic E-state index is -0.0294. The zero-order valence-electron chi connectivity index (χ0n) is 16.2. The number of hydrogen-bond acceptors (Lipinski definition) is 7. The number of hydrogen-bond donors (Lipinski definition) is 1. The summed E-state index contributed by atoms with van der Waals surface area (Å²) in [5.41, 5.74) is 8.47. The van der Waals surface area contributed by atoms with Gasteiger partial charge in [-0.05, 0) is 11.1 Å². The van der Waals surface area contributed by atoms with E-state index in [4.69, 9.17) is 5.73 Å². The number of carbonyl (C=O) groups excluding carboxylic acids is 2. The Labute approximate surface area is 172 Å². The van der Waals surface area contributed by atoms with Gasteiger partial charge in [-0.25, -0.2) is 4.98 Å². The number of nitrogens with zero attached hydrogens (tertiary/aromatic N) is 5.